The largest absolute Gasteiger partial charge is 0.486 e. The van der Waals surface area contributed by atoms with Gasteiger partial charge in [0.1, 0.15) is 13.2 Å². The number of Topliss-reactive ketones (excluding diaryl/α,β-unsaturated/α-hetero) is 1. The number of carbonyl (C=O) groups excluding carboxylic acids is 1. The maximum Gasteiger partial charge on any atom is 0.172 e. The van der Waals surface area contributed by atoms with Crippen LogP contribution in [0.5, 0.6) is 11.5 Å². The normalized spacial score (nSPS) is 13.1. The Kier molecular flexibility index (Phi) is 3.33. The molecule has 0 aromatic heterocycles. The van der Waals surface area contributed by atoms with Crippen LogP contribution in [0, 0.1) is 11.6 Å². The van der Waals surface area contributed by atoms with Crippen LogP contribution >= 0.6 is 0 Å². The third kappa shape index (κ3) is 2.46. The topological polar surface area (TPSA) is 35.5 Å². The molecule has 3 nitrogen and oxygen atoms in total. The van der Waals surface area contributed by atoms with Crippen molar-refractivity contribution in [2.45, 2.75) is 6.92 Å². The Labute approximate surface area is 120 Å². The smallest absolute Gasteiger partial charge is 0.172 e. The molecule has 0 saturated carbocycles. The van der Waals surface area contributed by atoms with Crippen molar-refractivity contribution < 1.29 is 23.0 Å². The highest BCUT2D eigenvalue weighted by atomic mass is 19.2. The molecule has 21 heavy (non-hydrogen) atoms. The maximum absolute atomic E-state index is 13.4. The number of benzene rings is 2. The molecule has 2 aromatic carbocycles. The van der Waals surface area contributed by atoms with Crippen molar-refractivity contribution in [2.24, 2.45) is 0 Å². The summed E-state index contributed by atoms with van der Waals surface area (Å²) in [5.41, 5.74) is 1.41. The fourth-order valence-electron chi connectivity index (χ4n) is 2.26. The number of rotatable bonds is 2. The van der Waals surface area contributed by atoms with E-state index in [0.717, 1.165) is 12.1 Å². The molecule has 0 bridgehead atoms. The van der Waals surface area contributed by atoms with Crippen molar-refractivity contribution in [3.05, 3.63) is 47.5 Å². The Balaban J connectivity index is 2.16. The standard InChI is InChI=1S/C16H12F2O3/c1-9(19)12-6-11(8-15-16(12)21-5-4-20-15)10-2-3-13(17)14(18)7-10/h2-3,6-8H,4-5H2,1H3. The second kappa shape index (κ2) is 5.16. The van der Waals surface area contributed by atoms with Crippen LogP contribution in [-0.2, 0) is 0 Å². The van der Waals surface area contributed by atoms with Crippen LogP contribution < -0.4 is 9.47 Å². The van der Waals surface area contributed by atoms with E-state index in [-0.39, 0.29) is 5.78 Å². The second-order valence-electron chi connectivity index (χ2n) is 4.73. The number of carbonyl (C=O) groups is 1. The zero-order valence-electron chi connectivity index (χ0n) is 11.3. The van der Waals surface area contributed by atoms with Crippen molar-refractivity contribution in [1.82, 2.24) is 0 Å². The lowest BCUT2D eigenvalue weighted by atomic mass is 9.99. The molecule has 1 heterocycles. The predicted octanol–water partition coefficient (Wildman–Crippen LogP) is 3.61. The lowest BCUT2D eigenvalue weighted by Crippen LogP contribution is -2.17. The van der Waals surface area contributed by atoms with Gasteiger partial charge >= 0.3 is 0 Å². The van der Waals surface area contributed by atoms with Gasteiger partial charge in [-0.1, -0.05) is 6.07 Å². The van der Waals surface area contributed by atoms with Gasteiger partial charge in [0.25, 0.3) is 0 Å². The fourth-order valence-corrected chi connectivity index (χ4v) is 2.26. The van der Waals surface area contributed by atoms with E-state index >= 15 is 0 Å². The van der Waals surface area contributed by atoms with E-state index < -0.39 is 11.6 Å². The molecule has 0 unspecified atom stereocenters. The summed E-state index contributed by atoms with van der Waals surface area (Å²) in [5.74, 6) is -1.19. The molecule has 0 aliphatic carbocycles. The molecular weight excluding hydrogens is 278 g/mol. The molecule has 1 aliphatic rings. The minimum absolute atomic E-state index is 0.179. The van der Waals surface area contributed by atoms with Crippen molar-refractivity contribution in [1.29, 1.82) is 0 Å². The molecule has 0 fully saturated rings. The van der Waals surface area contributed by atoms with Crippen LogP contribution in [0.15, 0.2) is 30.3 Å². The van der Waals surface area contributed by atoms with Gasteiger partial charge in [0.2, 0.25) is 0 Å². The second-order valence-corrected chi connectivity index (χ2v) is 4.73. The average Bonchev–Trinajstić information content (AvgIpc) is 2.48. The summed E-state index contributed by atoms with van der Waals surface area (Å²) < 4.78 is 37.3. The van der Waals surface area contributed by atoms with Crippen LogP contribution in [0.3, 0.4) is 0 Å². The van der Waals surface area contributed by atoms with Crippen LogP contribution in [0.1, 0.15) is 17.3 Å². The zero-order valence-corrected chi connectivity index (χ0v) is 11.3. The van der Waals surface area contributed by atoms with Crippen molar-refractivity contribution in [3.8, 4) is 22.6 Å². The summed E-state index contributed by atoms with van der Waals surface area (Å²) in [6.45, 7) is 2.17. The lowest BCUT2D eigenvalue weighted by molar-refractivity contribution is 0.100. The van der Waals surface area contributed by atoms with E-state index in [1.165, 1.54) is 13.0 Å². The number of fused-ring (bicyclic) bond motifs is 1. The lowest BCUT2D eigenvalue weighted by Gasteiger charge is -2.21. The first kappa shape index (κ1) is 13.5. The van der Waals surface area contributed by atoms with Crippen molar-refractivity contribution in [3.63, 3.8) is 0 Å². The van der Waals surface area contributed by atoms with Crippen LogP contribution in [-0.4, -0.2) is 19.0 Å². The molecular formula is C16H12F2O3. The molecule has 3 rings (SSSR count). The van der Waals surface area contributed by atoms with Crippen LogP contribution in [0.2, 0.25) is 0 Å². The van der Waals surface area contributed by atoms with Gasteiger partial charge < -0.3 is 9.47 Å². The number of ether oxygens (including phenoxy) is 2. The number of halogens is 2. The van der Waals surface area contributed by atoms with Gasteiger partial charge in [-0.15, -0.1) is 0 Å². The van der Waals surface area contributed by atoms with Crippen molar-refractivity contribution >= 4 is 5.78 Å². The Hall–Kier alpha value is -2.43. The molecule has 0 spiro atoms. The molecule has 0 atom stereocenters. The Morgan fingerprint density at radius 3 is 2.48 bits per heavy atom. The van der Waals surface area contributed by atoms with Crippen LogP contribution in [0.4, 0.5) is 8.78 Å². The third-order valence-corrected chi connectivity index (χ3v) is 3.27. The summed E-state index contributed by atoms with van der Waals surface area (Å²) in [4.78, 5) is 11.8. The molecule has 0 radical (unpaired) electrons. The Bertz CT molecular complexity index is 726. The third-order valence-electron chi connectivity index (χ3n) is 3.27. The highest BCUT2D eigenvalue weighted by molar-refractivity contribution is 5.99. The zero-order chi connectivity index (χ0) is 15.0. The van der Waals surface area contributed by atoms with Gasteiger partial charge in [0, 0.05) is 0 Å². The summed E-state index contributed by atoms with van der Waals surface area (Å²) in [7, 11) is 0. The molecule has 2 aromatic rings. The molecule has 5 heteroatoms. The highest BCUT2D eigenvalue weighted by Crippen LogP contribution is 2.38. The molecule has 1 aliphatic heterocycles. The van der Waals surface area contributed by atoms with E-state index in [2.05, 4.69) is 0 Å². The van der Waals surface area contributed by atoms with E-state index in [4.69, 9.17) is 9.47 Å². The van der Waals surface area contributed by atoms with E-state index in [0.29, 0.717) is 41.4 Å². The van der Waals surface area contributed by atoms with Gasteiger partial charge in [0.05, 0.1) is 5.56 Å². The summed E-state index contributed by atoms with van der Waals surface area (Å²) in [6, 6.07) is 6.85. The summed E-state index contributed by atoms with van der Waals surface area (Å²) in [6.07, 6.45) is 0. The monoisotopic (exact) mass is 290 g/mol. The fraction of sp³-hybridized carbons (Fsp3) is 0.188. The quantitative estimate of drug-likeness (QED) is 0.793. The SMILES string of the molecule is CC(=O)c1cc(-c2ccc(F)c(F)c2)cc2c1OCCO2. The first-order valence-corrected chi connectivity index (χ1v) is 6.46. The first-order valence-electron chi connectivity index (χ1n) is 6.46. The molecule has 0 amide bonds. The van der Waals surface area contributed by atoms with Gasteiger partial charge in [0.15, 0.2) is 28.9 Å². The van der Waals surface area contributed by atoms with Gasteiger partial charge in [-0.3, -0.25) is 4.79 Å². The van der Waals surface area contributed by atoms with E-state index in [1.54, 1.807) is 12.1 Å². The summed E-state index contributed by atoms with van der Waals surface area (Å²) >= 11 is 0. The average molecular weight is 290 g/mol. The maximum atomic E-state index is 13.4. The first-order chi connectivity index (χ1) is 10.1. The molecule has 0 N–H and O–H groups in total. The number of ketones is 1. The van der Waals surface area contributed by atoms with E-state index in [9.17, 15) is 13.6 Å². The Morgan fingerprint density at radius 1 is 1.00 bits per heavy atom. The van der Waals surface area contributed by atoms with Crippen molar-refractivity contribution in [2.75, 3.05) is 13.2 Å². The van der Waals surface area contributed by atoms with Gasteiger partial charge in [-0.05, 0) is 42.3 Å². The minimum Gasteiger partial charge on any atom is -0.486 e. The van der Waals surface area contributed by atoms with Crippen LogP contribution in [0.25, 0.3) is 11.1 Å². The van der Waals surface area contributed by atoms with Gasteiger partial charge in [-0.2, -0.15) is 0 Å². The molecule has 0 saturated heterocycles. The highest BCUT2D eigenvalue weighted by Gasteiger charge is 2.21. The number of hydrogen-bond donors (Lipinski definition) is 0. The minimum atomic E-state index is -0.938. The van der Waals surface area contributed by atoms with E-state index in [1.807, 2.05) is 0 Å². The Morgan fingerprint density at radius 2 is 1.76 bits per heavy atom. The predicted molar refractivity (Wildman–Crippen MR) is 72.8 cm³/mol. The van der Waals surface area contributed by atoms with Gasteiger partial charge in [-0.25, -0.2) is 8.78 Å². The summed E-state index contributed by atoms with van der Waals surface area (Å²) in [5, 5.41) is 0. The molecule has 108 valence electrons. The number of hydrogen-bond acceptors (Lipinski definition) is 3.